The highest BCUT2D eigenvalue weighted by Gasteiger charge is 2.28. The number of fused-ring (bicyclic) bond motifs is 1. The van der Waals surface area contributed by atoms with Crippen molar-refractivity contribution in [3.63, 3.8) is 0 Å². The predicted octanol–water partition coefficient (Wildman–Crippen LogP) is 2.65. The van der Waals surface area contributed by atoms with Crippen LogP contribution in [0.3, 0.4) is 0 Å². The van der Waals surface area contributed by atoms with E-state index in [2.05, 4.69) is 17.4 Å². The molecule has 0 aromatic heterocycles. The molecule has 2 aromatic carbocycles. The van der Waals surface area contributed by atoms with E-state index < -0.39 is 0 Å². The molecule has 21 heavy (non-hydrogen) atoms. The molecule has 3 rings (SSSR count). The molecule has 1 aliphatic rings. The third-order valence-corrected chi connectivity index (χ3v) is 4.92. The fraction of sp³-hybridized carbons (Fsp3) is 0.235. The molecule has 1 unspecified atom stereocenters. The first-order valence-electron chi connectivity index (χ1n) is 7.05. The minimum absolute atomic E-state index is 0.0329. The molecule has 0 saturated heterocycles. The number of thioether (sulfide) groups is 1. The summed E-state index contributed by atoms with van der Waals surface area (Å²) in [6.07, 6.45) is 0. The van der Waals surface area contributed by atoms with E-state index in [1.54, 1.807) is 11.8 Å². The molecule has 108 valence electrons. The van der Waals surface area contributed by atoms with Crippen LogP contribution in [0.15, 0.2) is 53.4 Å². The quantitative estimate of drug-likeness (QED) is 0.912. The van der Waals surface area contributed by atoms with Gasteiger partial charge in [-0.05, 0) is 22.8 Å². The second-order valence-electron chi connectivity index (χ2n) is 5.14. The zero-order chi connectivity index (χ0) is 14.7. The molecule has 1 heterocycles. The maximum atomic E-state index is 12.4. The van der Waals surface area contributed by atoms with Crippen LogP contribution in [0.4, 0.5) is 0 Å². The van der Waals surface area contributed by atoms with Gasteiger partial charge in [0.25, 0.3) is 0 Å². The van der Waals surface area contributed by atoms with Crippen LogP contribution in [-0.4, -0.2) is 11.7 Å². The molecule has 3 N–H and O–H groups in total. The van der Waals surface area contributed by atoms with Crippen molar-refractivity contribution in [2.75, 3.05) is 5.75 Å². The fourth-order valence-corrected chi connectivity index (χ4v) is 3.71. The predicted molar refractivity (Wildman–Crippen MR) is 86.1 cm³/mol. The summed E-state index contributed by atoms with van der Waals surface area (Å²) >= 11 is 1.76. The largest absolute Gasteiger partial charge is 0.351 e. The third-order valence-electron chi connectivity index (χ3n) is 3.74. The second kappa shape index (κ2) is 6.33. The molecular weight excluding hydrogens is 280 g/mol. The lowest BCUT2D eigenvalue weighted by molar-refractivity contribution is -0.122. The lowest BCUT2D eigenvalue weighted by Gasteiger charge is -2.12. The van der Waals surface area contributed by atoms with E-state index in [9.17, 15) is 4.79 Å². The first-order chi connectivity index (χ1) is 10.3. The van der Waals surface area contributed by atoms with E-state index in [-0.39, 0.29) is 11.8 Å². The molecule has 2 aromatic rings. The van der Waals surface area contributed by atoms with Crippen LogP contribution >= 0.6 is 11.8 Å². The summed E-state index contributed by atoms with van der Waals surface area (Å²) in [5.41, 5.74) is 8.93. The van der Waals surface area contributed by atoms with Gasteiger partial charge in [-0.1, -0.05) is 42.5 Å². The zero-order valence-corrected chi connectivity index (χ0v) is 12.5. The smallest absolute Gasteiger partial charge is 0.228 e. The minimum atomic E-state index is -0.0329. The van der Waals surface area contributed by atoms with Crippen molar-refractivity contribution in [2.45, 2.75) is 23.9 Å². The molecule has 1 atom stereocenters. The van der Waals surface area contributed by atoms with Gasteiger partial charge in [0.1, 0.15) is 0 Å². The highest BCUT2D eigenvalue weighted by Crippen LogP contribution is 2.39. The number of hydrogen-bond acceptors (Lipinski definition) is 3. The summed E-state index contributed by atoms with van der Waals surface area (Å²) in [6, 6.07) is 16.2. The Morgan fingerprint density at radius 1 is 1.14 bits per heavy atom. The van der Waals surface area contributed by atoms with Gasteiger partial charge >= 0.3 is 0 Å². The number of rotatable bonds is 4. The van der Waals surface area contributed by atoms with Gasteiger partial charge in [-0.2, -0.15) is 0 Å². The van der Waals surface area contributed by atoms with Crippen molar-refractivity contribution in [3.05, 3.63) is 65.2 Å². The van der Waals surface area contributed by atoms with Crippen LogP contribution in [0.5, 0.6) is 0 Å². The molecular formula is C17H18N2OS. The van der Waals surface area contributed by atoms with Crippen LogP contribution in [-0.2, 0) is 17.9 Å². The Kier molecular flexibility index (Phi) is 4.27. The van der Waals surface area contributed by atoms with E-state index in [4.69, 9.17) is 5.73 Å². The molecule has 1 aliphatic heterocycles. The Labute approximate surface area is 128 Å². The van der Waals surface area contributed by atoms with Crippen molar-refractivity contribution in [2.24, 2.45) is 5.73 Å². The van der Waals surface area contributed by atoms with Crippen molar-refractivity contribution in [1.29, 1.82) is 0 Å². The van der Waals surface area contributed by atoms with Gasteiger partial charge in [-0.3, -0.25) is 4.79 Å². The number of nitrogens with two attached hydrogens (primary N) is 1. The average molecular weight is 298 g/mol. The highest BCUT2D eigenvalue weighted by atomic mass is 32.2. The number of carbonyl (C=O) groups excluding carboxylic acids is 1. The van der Waals surface area contributed by atoms with E-state index >= 15 is 0 Å². The monoisotopic (exact) mass is 298 g/mol. The van der Waals surface area contributed by atoms with Gasteiger partial charge in [0.05, 0.1) is 5.92 Å². The Bertz CT molecular complexity index is 639. The Balaban J connectivity index is 1.62. The van der Waals surface area contributed by atoms with E-state index in [0.29, 0.717) is 13.1 Å². The van der Waals surface area contributed by atoms with Crippen LogP contribution < -0.4 is 11.1 Å². The van der Waals surface area contributed by atoms with Crippen LogP contribution in [0, 0.1) is 0 Å². The summed E-state index contributed by atoms with van der Waals surface area (Å²) < 4.78 is 0. The molecule has 0 fully saturated rings. The fourth-order valence-electron chi connectivity index (χ4n) is 2.49. The van der Waals surface area contributed by atoms with Gasteiger partial charge in [0.2, 0.25) is 5.91 Å². The molecule has 0 spiro atoms. The van der Waals surface area contributed by atoms with Gasteiger partial charge in [0, 0.05) is 23.7 Å². The topological polar surface area (TPSA) is 55.1 Å². The van der Waals surface area contributed by atoms with E-state index in [0.717, 1.165) is 22.4 Å². The number of carbonyl (C=O) groups is 1. The van der Waals surface area contributed by atoms with Crippen molar-refractivity contribution < 1.29 is 4.79 Å². The number of benzene rings is 2. The zero-order valence-electron chi connectivity index (χ0n) is 11.7. The molecule has 1 amide bonds. The van der Waals surface area contributed by atoms with Gasteiger partial charge < -0.3 is 11.1 Å². The molecule has 4 heteroatoms. The van der Waals surface area contributed by atoms with Gasteiger partial charge in [-0.25, -0.2) is 0 Å². The Morgan fingerprint density at radius 2 is 1.86 bits per heavy atom. The summed E-state index contributed by atoms with van der Waals surface area (Å²) in [6.45, 7) is 1.11. The molecule has 3 nitrogen and oxygen atoms in total. The van der Waals surface area contributed by atoms with Crippen molar-refractivity contribution >= 4 is 17.7 Å². The third kappa shape index (κ3) is 3.12. The standard InChI is InChI=1S/C17H18N2OS/c18-9-12-5-7-13(8-6-12)10-19-17(20)15-11-21-16-4-2-1-3-14(15)16/h1-8,15H,9-11,18H2,(H,19,20). The van der Waals surface area contributed by atoms with Crippen LogP contribution in [0.1, 0.15) is 22.6 Å². The Hall–Kier alpha value is -1.78. The summed E-state index contributed by atoms with van der Waals surface area (Å²) in [5, 5.41) is 3.04. The molecule has 0 bridgehead atoms. The maximum Gasteiger partial charge on any atom is 0.228 e. The maximum absolute atomic E-state index is 12.4. The summed E-state index contributed by atoms with van der Waals surface area (Å²) in [4.78, 5) is 13.6. The minimum Gasteiger partial charge on any atom is -0.351 e. The van der Waals surface area contributed by atoms with Crippen LogP contribution in [0.2, 0.25) is 0 Å². The second-order valence-corrected chi connectivity index (χ2v) is 6.20. The first-order valence-corrected chi connectivity index (χ1v) is 8.04. The van der Waals surface area contributed by atoms with Gasteiger partial charge in [-0.15, -0.1) is 11.8 Å². The number of nitrogens with one attached hydrogen (secondary N) is 1. The first kappa shape index (κ1) is 14.2. The lowest BCUT2D eigenvalue weighted by atomic mass is 10.0. The van der Waals surface area contributed by atoms with E-state index in [1.807, 2.05) is 36.4 Å². The number of amides is 1. The van der Waals surface area contributed by atoms with Crippen molar-refractivity contribution in [1.82, 2.24) is 5.32 Å². The highest BCUT2D eigenvalue weighted by molar-refractivity contribution is 7.99. The van der Waals surface area contributed by atoms with Crippen molar-refractivity contribution in [3.8, 4) is 0 Å². The average Bonchev–Trinajstić information content (AvgIpc) is 2.97. The lowest BCUT2D eigenvalue weighted by Crippen LogP contribution is -2.29. The SMILES string of the molecule is NCc1ccc(CNC(=O)C2CSc3ccccc32)cc1. The van der Waals surface area contributed by atoms with Gasteiger partial charge in [0.15, 0.2) is 0 Å². The normalized spacial score (nSPS) is 16.5. The molecule has 0 radical (unpaired) electrons. The number of hydrogen-bond donors (Lipinski definition) is 2. The summed E-state index contributed by atoms with van der Waals surface area (Å²) in [7, 11) is 0. The van der Waals surface area contributed by atoms with Crippen LogP contribution in [0.25, 0.3) is 0 Å². The van der Waals surface area contributed by atoms with E-state index in [1.165, 1.54) is 4.90 Å². The summed E-state index contributed by atoms with van der Waals surface area (Å²) in [5.74, 6) is 0.905. The molecule has 0 aliphatic carbocycles. The Morgan fingerprint density at radius 3 is 2.62 bits per heavy atom. The molecule has 0 saturated carbocycles.